The predicted molar refractivity (Wildman–Crippen MR) is 87.7 cm³/mol. The zero-order valence-corrected chi connectivity index (χ0v) is 14.1. The average Bonchev–Trinajstić information content (AvgIpc) is 3.11. The van der Waals surface area contributed by atoms with Gasteiger partial charge in [0.05, 0.1) is 5.56 Å². The first kappa shape index (κ1) is 18.6. The van der Waals surface area contributed by atoms with Gasteiger partial charge in [0.1, 0.15) is 6.04 Å². The van der Waals surface area contributed by atoms with Gasteiger partial charge in [0, 0.05) is 6.54 Å². The average molecular weight is 380 g/mol. The highest BCUT2D eigenvalue weighted by molar-refractivity contribution is 5.97. The van der Waals surface area contributed by atoms with Gasteiger partial charge in [0.2, 0.25) is 12.7 Å². The maximum atomic E-state index is 13.6. The van der Waals surface area contributed by atoms with Gasteiger partial charge >= 0.3 is 0 Å². The molecule has 1 atom stereocenters. The first-order chi connectivity index (χ1) is 12.9. The van der Waals surface area contributed by atoms with E-state index >= 15 is 0 Å². The van der Waals surface area contributed by atoms with Gasteiger partial charge in [-0.2, -0.15) is 0 Å². The van der Waals surface area contributed by atoms with Crippen LogP contribution < -0.4 is 20.1 Å². The maximum absolute atomic E-state index is 13.6. The normalized spacial score (nSPS) is 13.2. The van der Waals surface area contributed by atoms with E-state index in [1.54, 1.807) is 18.2 Å². The fourth-order valence-electron chi connectivity index (χ4n) is 2.43. The number of carbonyl (C=O) groups excluding carboxylic acids is 2. The third-order valence-corrected chi connectivity index (χ3v) is 3.92. The van der Waals surface area contributed by atoms with E-state index in [9.17, 15) is 22.8 Å². The second-order valence-electron chi connectivity index (χ2n) is 5.82. The second kappa shape index (κ2) is 7.56. The third-order valence-electron chi connectivity index (χ3n) is 3.92. The maximum Gasteiger partial charge on any atom is 0.255 e. The molecule has 1 aliphatic rings. The topological polar surface area (TPSA) is 76.7 Å². The smallest absolute Gasteiger partial charge is 0.255 e. The number of amides is 2. The Labute approximate surface area is 152 Å². The van der Waals surface area contributed by atoms with Gasteiger partial charge in [-0.25, -0.2) is 13.2 Å². The van der Waals surface area contributed by atoms with Crippen LogP contribution in [-0.2, 0) is 11.3 Å². The van der Waals surface area contributed by atoms with Crippen molar-refractivity contribution in [3.8, 4) is 11.5 Å². The SMILES string of the molecule is C[C@H](NC(=O)c1ccc(F)c(F)c1F)C(=O)NCc1ccc2c(c1)OCO2. The molecule has 1 heterocycles. The minimum absolute atomic E-state index is 0.134. The molecule has 1 aliphatic heterocycles. The van der Waals surface area contributed by atoms with Gasteiger partial charge in [-0.3, -0.25) is 9.59 Å². The van der Waals surface area contributed by atoms with E-state index in [0.717, 1.165) is 11.6 Å². The van der Waals surface area contributed by atoms with Crippen molar-refractivity contribution in [1.82, 2.24) is 10.6 Å². The summed E-state index contributed by atoms with van der Waals surface area (Å²) in [5.41, 5.74) is 0.0575. The van der Waals surface area contributed by atoms with Crippen LogP contribution in [0.15, 0.2) is 30.3 Å². The summed E-state index contributed by atoms with van der Waals surface area (Å²) in [5, 5.41) is 4.84. The summed E-state index contributed by atoms with van der Waals surface area (Å²) in [6, 6.07) is 5.58. The lowest BCUT2D eigenvalue weighted by molar-refractivity contribution is -0.122. The van der Waals surface area contributed by atoms with E-state index in [1.165, 1.54) is 6.92 Å². The molecule has 2 aromatic carbocycles. The Balaban J connectivity index is 1.57. The van der Waals surface area contributed by atoms with Gasteiger partial charge in [0.15, 0.2) is 29.0 Å². The number of carbonyl (C=O) groups is 2. The minimum Gasteiger partial charge on any atom is -0.454 e. The third kappa shape index (κ3) is 3.97. The molecular formula is C18H15F3N2O4. The fourth-order valence-corrected chi connectivity index (χ4v) is 2.43. The molecule has 6 nitrogen and oxygen atoms in total. The molecule has 9 heteroatoms. The van der Waals surface area contributed by atoms with Crippen molar-refractivity contribution in [2.75, 3.05) is 6.79 Å². The van der Waals surface area contributed by atoms with Crippen LogP contribution >= 0.6 is 0 Å². The summed E-state index contributed by atoms with van der Waals surface area (Å²) in [6.45, 7) is 1.68. The highest BCUT2D eigenvalue weighted by atomic mass is 19.2. The zero-order valence-electron chi connectivity index (χ0n) is 14.1. The van der Waals surface area contributed by atoms with Crippen LogP contribution in [0, 0.1) is 17.5 Å². The Hall–Kier alpha value is -3.23. The lowest BCUT2D eigenvalue weighted by Crippen LogP contribution is -2.44. The minimum atomic E-state index is -1.75. The number of rotatable bonds is 5. The number of benzene rings is 2. The molecule has 2 amide bonds. The number of nitrogens with one attached hydrogen (secondary N) is 2. The van der Waals surface area contributed by atoms with Crippen molar-refractivity contribution in [3.05, 3.63) is 58.9 Å². The van der Waals surface area contributed by atoms with E-state index in [0.29, 0.717) is 17.6 Å². The number of ether oxygens (including phenoxy) is 2. The zero-order chi connectivity index (χ0) is 19.6. The van der Waals surface area contributed by atoms with E-state index in [2.05, 4.69) is 10.6 Å². The Kier molecular flexibility index (Phi) is 5.20. The summed E-state index contributed by atoms with van der Waals surface area (Å²) in [4.78, 5) is 24.1. The van der Waals surface area contributed by atoms with Crippen LogP contribution in [0.4, 0.5) is 13.2 Å². The van der Waals surface area contributed by atoms with Crippen LogP contribution in [0.25, 0.3) is 0 Å². The molecule has 0 saturated heterocycles. The molecule has 2 N–H and O–H groups in total. The summed E-state index contributed by atoms with van der Waals surface area (Å²) in [7, 11) is 0. The number of hydrogen-bond donors (Lipinski definition) is 2. The van der Waals surface area contributed by atoms with Crippen molar-refractivity contribution in [2.24, 2.45) is 0 Å². The quantitative estimate of drug-likeness (QED) is 0.781. The Morgan fingerprint density at radius 2 is 1.81 bits per heavy atom. The van der Waals surface area contributed by atoms with Crippen LogP contribution in [0.5, 0.6) is 11.5 Å². The largest absolute Gasteiger partial charge is 0.454 e. The summed E-state index contributed by atoms with van der Waals surface area (Å²) in [6.07, 6.45) is 0. The Bertz CT molecular complexity index is 904. The van der Waals surface area contributed by atoms with Crippen LogP contribution in [0.1, 0.15) is 22.8 Å². The van der Waals surface area contributed by atoms with Crippen molar-refractivity contribution in [1.29, 1.82) is 0 Å². The molecule has 27 heavy (non-hydrogen) atoms. The number of fused-ring (bicyclic) bond motifs is 1. The number of hydrogen-bond acceptors (Lipinski definition) is 4. The van der Waals surface area contributed by atoms with Crippen LogP contribution in [0.3, 0.4) is 0 Å². The van der Waals surface area contributed by atoms with Gasteiger partial charge < -0.3 is 20.1 Å². The molecule has 142 valence electrons. The van der Waals surface area contributed by atoms with Crippen LogP contribution in [0.2, 0.25) is 0 Å². The van der Waals surface area contributed by atoms with Crippen molar-refractivity contribution in [2.45, 2.75) is 19.5 Å². The summed E-state index contributed by atoms with van der Waals surface area (Å²) in [5.74, 6) is -5.15. The van der Waals surface area contributed by atoms with Crippen molar-refractivity contribution >= 4 is 11.8 Å². The standard InChI is InChI=1S/C18H15F3N2O4/c1-9(23-18(25)11-3-4-12(19)16(21)15(11)20)17(24)22-7-10-2-5-13-14(6-10)27-8-26-13/h2-6,9H,7-8H2,1H3,(H,22,24)(H,23,25)/t9-/m0/s1. The molecule has 3 rings (SSSR count). The van der Waals surface area contributed by atoms with E-state index in [1.807, 2.05) is 0 Å². The number of halogens is 3. The van der Waals surface area contributed by atoms with E-state index in [-0.39, 0.29) is 13.3 Å². The van der Waals surface area contributed by atoms with E-state index < -0.39 is 40.9 Å². The fraction of sp³-hybridized carbons (Fsp3) is 0.222. The summed E-state index contributed by atoms with van der Waals surface area (Å²) >= 11 is 0. The molecule has 0 unspecified atom stereocenters. The Morgan fingerprint density at radius 3 is 2.59 bits per heavy atom. The first-order valence-electron chi connectivity index (χ1n) is 7.97. The Morgan fingerprint density at radius 1 is 1.07 bits per heavy atom. The van der Waals surface area contributed by atoms with Gasteiger partial charge in [-0.05, 0) is 36.8 Å². The van der Waals surface area contributed by atoms with E-state index in [4.69, 9.17) is 9.47 Å². The van der Waals surface area contributed by atoms with Crippen molar-refractivity contribution < 1.29 is 32.2 Å². The highest BCUT2D eigenvalue weighted by Crippen LogP contribution is 2.32. The molecule has 0 saturated carbocycles. The first-order valence-corrected chi connectivity index (χ1v) is 7.97. The second-order valence-corrected chi connectivity index (χ2v) is 5.82. The molecule has 0 radical (unpaired) electrons. The summed E-state index contributed by atoms with van der Waals surface area (Å²) < 4.78 is 50.2. The molecule has 0 bridgehead atoms. The molecule has 0 aliphatic carbocycles. The molecule has 2 aromatic rings. The lowest BCUT2D eigenvalue weighted by atomic mass is 10.1. The molecular weight excluding hydrogens is 365 g/mol. The van der Waals surface area contributed by atoms with Gasteiger partial charge in [-0.1, -0.05) is 6.07 Å². The molecule has 0 fully saturated rings. The van der Waals surface area contributed by atoms with Gasteiger partial charge in [0.25, 0.3) is 5.91 Å². The van der Waals surface area contributed by atoms with Gasteiger partial charge in [-0.15, -0.1) is 0 Å². The van der Waals surface area contributed by atoms with Crippen LogP contribution in [-0.4, -0.2) is 24.6 Å². The monoisotopic (exact) mass is 380 g/mol. The predicted octanol–water partition coefficient (Wildman–Crippen LogP) is 2.27. The lowest BCUT2D eigenvalue weighted by Gasteiger charge is -2.15. The molecule has 0 spiro atoms. The highest BCUT2D eigenvalue weighted by Gasteiger charge is 2.22. The van der Waals surface area contributed by atoms with Crippen molar-refractivity contribution in [3.63, 3.8) is 0 Å². The molecule has 0 aromatic heterocycles.